The van der Waals surface area contributed by atoms with E-state index >= 15 is 0 Å². The quantitative estimate of drug-likeness (QED) is 0.478. The highest BCUT2D eigenvalue weighted by atomic mass is 127. The van der Waals surface area contributed by atoms with E-state index < -0.39 is 0 Å². The van der Waals surface area contributed by atoms with Crippen molar-refractivity contribution >= 4 is 23.0 Å². The summed E-state index contributed by atoms with van der Waals surface area (Å²) in [4.78, 5) is 2.38. The third-order valence-electron chi connectivity index (χ3n) is 2.21. The van der Waals surface area contributed by atoms with Gasteiger partial charge in [-0.05, 0) is 45.8 Å². The van der Waals surface area contributed by atoms with Gasteiger partial charge in [-0.2, -0.15) is 0 Å². The van der Waals surface area contributed by atoms with Crippen LogP contribution in [0, 0.1) is 0 Å². The minimum atomic E-state index is 0.796. The Morgan fingerprint density at radius 3 is 2.64 bits per heavy atom. The van der Waals surface area contributed by atoms with Gasteiger partial charge in [-0.3, -0.25) is 0 Å². The minimum absolute atomic E-state index is 0.796. The van der Waals surface area contributed by atoms with Gasteiger partial charge in [-0.1, -0.05) is 19.1 Å². The molecule has 0 bridgehead atoms. The van der Waals surface area contributed by atoms with Crippen LogP contribution in [0.5, 0.6) is 0 Å². The number of hydrogen-bond donors (Lipinski definition) is 0. The van der Waals surface area contributed by atoms with E-state index in [4.69, 9.17) is 3.07 Å². The predicted octanol–water partition coefficient (Wildman–Crippen LogP) is 3.42. The number of halogens is 1. The van der Waals surface area contributed by atoms with Crippen molar-refractivity contribution in [3.63, 3.8) is 0 Å². The van der Waals surface area contributed by atoms with Crippen LogP contribution in [-0.4, -0.2) is 31.6 Å². The first kappa shape index (κ1) is 14.4. The maximum atomic E-state index is 4.98. The average Bonchev–Trinajstić information content (AvgIpc) is 2.15. The van der Waals surface area contributed by atoms with Crippen molar-refractivity contribution in [3.05, 3.63) is 12.2 Å². The van der Waals surface area contributed by atoms with Crippen molar-refractivity contribution in [1.29, 1.82) is 0 Å². The summed E-state index contributed by atoms with van der Waals surface area (Å²) in [5.41, 5.74) is 1.31. The van der Waals surface area contributed by atoms with Crippen LogP contribution < -0.4 is 0 Å². The molecule has 0 radical (unpaired) electrons. The van der Waals surface area contributed by atoms with Gasteiger partial charge in [0.2, 0.25) is 0 Å². The van der Waals surface area contributed by atoms with Crippen LogP contribution in [0.3, 0.4) is 0 Å². The number of rotatable bonds is 9. The highest BCUT2D eigenvalue weighted by Gasteiger charge is 1.98. The Hall–Kier alpha value is 0.390. The summed E-state index contributed by atoms with van der Waals surface area (Å²) in [5, 5.41) is 0. The summed E-state index contributed by atoms with van der Waals surface area (Å²) in [6.07, 6.45) is 4.59. The van der Waals surface area contributed by atoms with Gasteiger partial charge >= 0.3 is 0 Å². The zero-order valence-electron chi connectivity index (χ0n) is 9.39. The molecule has 0 aromatic rings. The van der Waals surface area contributed by atoms with E-state index in [1.54, 1.807) is 0 Å². The molecule has 0 aromatic carbocycles. The van der Waals surface area contributed by atoms with E-state index in [-0.39, 0.29) is 0 Å². The Morgan fingerprint density at radius 1 is 1.36 bits per heavy atom. The fourth-order valence-corrected chi connectivity index (χ4v) is 1.62. The molecule has 0 rings (SSSR count). The maximum Gasteiger partial charge on any atom is 0.109 e. The zero-order valence-corrected chi connectivity index (χ0v) is 11.5. The van der Waals surface area contributed by atoms with Gasteiger partial charge in [-0.25, -0.2) is 0 Å². The van der Waals surface area contributed by atoms with Crippen molar-refractivity contribution in [1.82, 2.24) is 4.90 Å². The highest BCUT2D eigenvalue weighted by molar-refractivity contribution is 14.1. The number of nitrogens with zero attached hydrogens (tertiary/aromatic N) is 1. The van der Waals surface area contributed by atoms with Crippen LogP contribution in [0.2, 0.25) is 0 Å². The van der Waals surface area contributed by atoms with Gasteiger partial charge in [0.1, 0.15) is 23.0 Å². The summed E-state index contributed by atoms with van der Waals surface area (Å²) in [6, 6.07) is 0. The van der Waals surface area contributed by atoms with Gasteiger partial charge < -0.3 is 7.97 Å². The molecule has 0 atom stereocenters. The molecule has 84 valence electrons. The Kier molecular flexibility index (Phi) is 10.2. The molecule has 0 aliphatic carbocycles. The van der Waals surface area contributed by atoms with E-state index in [0.29, 0.717) is 0 Å². The van der Waals surface area contributed by atoms with Gasteiger partial charge in [0.25, 0.3) is 0 Å². The van der Waals surface area contributed by atoms with Gasteiger partial charge in [0.15, 0.2) is 0 Å². The first-order chi connectivity index (χ1) is 6.70. The molecule has 0 aromatic heterocycles. The van der Waals surface area contributed by atoms with Crippen molar-refractivity contribution in [2.45, 2.75) is 32.6 Å². The van der Waals surface area contributed by atoms with Crippen LogP contribution in [0.4, 0.5) is 0 Å². The summed E-state index contributed by atoms with van der Waals surface area (Å²) in [6.45, 7) is 9.42. The van der Waals surface area contributed by atoms with Gasteiger partial charge in [-0.15, -0.1) is 0 Å². The SMILES string of the molecule is C=C(CCCN(C)CCC)CCOI. The third kappa shape index (κ3) is 8.97. The lowest BCUT2D eigenvalue weighted by Gasteiger charge is -2.15. The Morgan fingerprint density at radius 2 is 2.07 bits per heavy atom. The van der Waals surface area contributed by atoms with Crippen molar-refractivity contribution in [2.24, 2.45) is 0 Å². The molecule has 0 aliphatic rings. The first-order valence-electron chi connectivity index (χ1n) is 5.29. The molecule has 3 heteroatoms. The van der Waals surface area contributed by atoms with Crippen LogP contribution in [0.25, 0.3) is 0 Å². The Balaban J connectivity index is 3.30. The highest BCUT2D eigenvalue weighted by Crippen LogP contribution is 2.08. The van der Waals surface area contributed by atoms with Crippen LogP contribution >= 0.6 is 23.0 Å². The standard InChI is InChI=1S/C11H22INO/c1-4-8-13(3)9-5-6-11(2)7-10-14-12/h2,4-10H2,1,3H3. The molecule has 0 spiro atoms. The predicted molar refractivity (Wildman–Crippen MR) is 70.8 cm³/mol. The average molecular weight is 311 g/mol. The molecule has 0 N–H and O–H groups in total. The van der Waals surface area contributed by atoms with Crippen LogP contribution in [-0.2, 0) is 3.07 Å². The topological polar surface area (TPSA) is 12.5 Å². The van der Waals surface area contributed by atoms with Crippen LogP contribution in [0.15, 0.2) is 12.2 Å². The van der Waals surface area contributed by atoms with Crippen LogP contribution in [0.1, 0.15) is 32.6 Å². The summed E-state index contributed by atoms with van der Waals surface area (Å²) in [7, 11) is 2.18. The van der Waals surface area contributed by atoms with E-state index in [1.165, 1.54) is 31.5 Å². The molecule has 0 saturated heterocycles. The summed E-state index contributed by atoms with van der Waals surface area (Å²) in [5.74, 6) is 0. The van der Waals surface area contributed by atoms with E-state index in [9.17, 15) is 0 Å². The van der Waals surface area contributed by atoms with E-state index in [2.05, 4.69) is 25.5 Å². The number of hydrogen-bond acceptors (Lipinski definition) is 2. The smallest absolute Gasteiger partial charge is 0.109 e. The van der Waals surface area contributed by atoms with E-state index in [1.807, 2.05) is 23.0 Å². The second kappa shape index (κ2) is 9.93. The lowest BCUT2D eigenvalue weighted by molar-refractivity contribution is 0.328. The fraction of sp³-hybridized carbons (Fsp3) is 0.818. The summed E-state index contributed by atoms with van der Waals surface area (Å²) >= 11 is 1.93. The van der Waals surface area contributed by atoms with Gasteiger partial charge in [0.05, 0.1) is 6.61 Å². The summed E-state index contributed by atoms with van der Waals surface area (Å²) < 4.78 is 4.98. The Labute approximate surface area is 102 Å². The molecule has 0 unspecified atom stereocenters. The molecule has 0 amide bonds. The Bertz CT molecular complexity index is 150. The molecule has 0 fully saturated rings. The minimum Gasteiger partial charge on any atom is -0.315 e. The zero-order chi connectivity index (χ0) is 10.8. The molecule has 0 heterocycles. The second-order valence-corrected chi connectivity index (χ2v) is 4.34. The second-order valence-electron chi connectivity index (χ2n) is 3.72. The lowest BCUT2D eigenvalue weighted by Crippen LogP contribution is -2.20. The third-order valence-corrected chi connectivity index (χ3v) is 2.65. The van der Waals surface area contributed by atoms with Crippen molar-refractivity contribution in [3.8, 4) is 0 Å². The monoisotopic (exact) mass is 311 g/mol. The van der Waals surface area contributed by atoms with Crippen molar-refractivity contribution < 1.29 is 3.07 Å². The molecule has 2 nitrogen and oxygen atoms in total. The van der Waals surface area contributed by atoms with Gasteiger partial charge in [0, 0.05) is 0 Å². The maximum absolute atomic E-state index is 4.98. The van der Waals surface area contributed by atoms with E-state index in [0.717, 1.165) is 19.4 Å². The molecular weight excluding hydrogens is 289 g/mol. The first-order valence-corrected chi connectivity index (χ1v) is 6.17. The molecule has 14 heavy (non-hydrogen) atoms. The molecular formula is C11H22INO. The molecule has 0 saturated carbocycles. The fourth-order valence-electron chi connectivity index (χ4n) is 1.40. The normalized spacial score (nSPS) is 10.9. The largest absolute Gasteiger partial charge is 0.315 e. The lowest BCUT2D eigenvalue weighted by atomic mass is 10.1. The molecule has 0 aliphatic heterocycles. The van der Waals surface area contributed by atoms with Crippen molar-refractivity contribution in [2.75, 3.05) is 26.7 Å².